The van der Waals surface area contributed by atoms with Crippen molar-refractivity contribution in [1.29, 1.82) is 5.41 Å². The molecule has 1 saturated carbocycles. The Balaban J connectivity index is 1.82. The summed E-state index contributed by atoms with van der Waals surface area (Å²) in [5, 5.41) is 10.3. The predicted molar refractivity (Wildman–Crippen MR) is 103 cm³/mol. The summed E-state index contributed by atoms with van der Waals surface area (Å²) in [7, 11) is 1.98. The quantitative estimate of drug-likeness (QED) is 0.393. The van der Waals surface area contributed by atoms with Gasteiger partial charge in [0.2, 0.25) is 5.76 Å². The number of nitrogens with one attached hydrogen (secondary N) is 2. The van der Waals surface area contributed by atoms with Gasteiger partial charge in [-0.2, -0.15) is 0 Å². The van der Waals surface area contributed by atoms with Crippen molar-refractivity contribution in [1.82, 2.24) is 9.80 Å². The number of hydrogen-bond donors (Lipinski definition) is 2. The van der Waals surface area contributed by atoms with Gasteiger partial charge in [-0.3, -0.25) is 9.18 Å². The van der Waals surface area contributed by atoms with E-state index in [4.69, 9.17) is 10.1 Å². The van der Waals surface area contributed by atoms with E-state index in [-0.39, 0.29) is 29.9 Å². The van der Waals surface area contributed by atoms with Gasteiger partial charge in [0.15, 0.2) is 0 Å². The first kappa shape index (κ1) is 21.2. The lowest BCUT2D eigenvalue weighted by Gasteiger charge is -2.35. The minimum absolute atomic E-state index is 0.0221. The monoisotopic (exact) mass is 410 g/mol. The van der Waals surface area contributed by atoms with Crippen molar-refractivity contribution in [2.75, 3.05) is 51.8 Å². The number of benzene rings is 1. The summed E-state index contributed by atoms with van der Waals surface area (Å²) in [6.45, 7) is 2.44. The number of nitrogens with zero attached hydrogens (tertiary/aromatic N) is 2. The number of anilines is 1. The second kappa shape index (κ2) is 9.30. The molecule has 1 aliphatic heterocycles. The fourth-order valence-electron chi connectivity index (χ4n) is 3.31. The van der Waals surface area contributed by atoms with Gasteiger partial charge >= 0.3 is 0 Å². The first-order valence-electron chi connectivity index (χ1n) is 9.55. The van der Waals surface area contributed by atoms with Crippen molar-refractivity contribution in [3.63, 3.8) is 0 Å². The van der Waals surface area contributed by atoms with Crippen LogP contribution in [0.1, 0.15) is 6.42 Å². The molecule has 2 aliphatic rings. The number of carbonyl (C=O) groups excluding carboxylic acids is 1. The van der Waals surface area contributed by atoms with E-state index in [1.54, 1.807) is 0 Å². The normalized spacial score (nSPS) is 22.7. The molecule has 2 fully saturated rings. The second-order valence-electron chi connectivity index (χ2n) is 7.48. The Morgan fingerprint density at radius 3 is 2.41 bits per heavy atom. The molecule has 6 nitrogen and oxygen atoms in total. The molecule has 0 bridgehead atoms. The first-order chi connectivity index (χ1) is 13.9. The Kier molecular flexibility index (Phi) is 6.79. The fraction of sp³-hybridized carbons (Fsp3) is 0.500. The van der Waals surface area contributed by atoms with Gasteiger partial charge in [0.05, 0.1) is 13.3 Å². The van der Waals surface area contributed by atoms with Gasteiger partial charge in [0.25, 0.3) is 5.91 Å². The Bertz CT molecular complexity index is 774. The van der Waals surface area contributed by atoms with Crippen molar-refractivity contribution in [2.24, 2.45) is 11.8 Å². The SMILES string of the molecule is CN1CCN(/C(C=N)=C(\OC[C@H]2C[C@@H]2CF)C(=O)Nc2cc(F)cc(F)c2)CC1. The van der Waals surface area contributed by atoms with E-state index in [1.165, 1.54) is 0 Å². The number of allylic oxidation sites excluding steroid dienone is 1. The van der Waals surface area contributed by atoms with Gasteiger partial charge in [0.1, 0.15) is 17.3 Å². The standard InChI is InChI=1S/C20H25F3N4O2/c1-26-2-4-27(5-3-26)18(11-24)19(29-12-14-6-13(14)10-21)20(28)25-17-8-15(22)7-16(23)9-17/h7-9,11,13-14,24H,2-6,10,12H2,1H3,(H,25,28)/b19-18-,24-11?/t13-,14-/m1/s1. The van der Waals surface area contributed by atoms with Crippen LogP contribution in [0.15, 0.2) is 29.7 Å². The van der Waals surface area contributed by atoms with Gasteiger partial charge in [0, 0.05) is 44.1 Å². The van der Waals surface area contributed by atoms with Crippen LogP contribution in [0.3, 0.4) is 0 Å². The summed E-state index contributed by atoms with van der Waals surface area (Å²) < 4.78 is 45.4. The van der Waals surface area contributed by atoms with E-state index in [9.17, 15) is 18.0 Å². The molecule has 158 valence electrons. The number of rotatable bonds is 8. The topological polar surface area (TPSA) is 68.7 Å². The summed E-state index contributed by atoms with van der Waals surface area (Å²) in [5.41, 5.74) is 0.245. The summed E-state index contributed by atoms with van der Waals surface area (Å²) in [5.74, 6) is -2.48. The molecule has 1 aliphatic carbocycles. The van der Waals surface area contributed by atoms with Crippen LogP contribution in [0.2, 0.25) is 0 Å². The van der Waals surface area contributed by atoms with E-state index < -0.39 is 24.2 Å². The highest BCUT2D eigenvalue weighted by atomic mass is 19.1. The Morgan fingerprint density at radius 1 is 1.21 bits per heavy atom. The molecule has 1 aromatic rings. The third-order valence-corrected chi connectivity index (χ3v) is 5.25. The molecular weight excluding hydrogens is 385 g/mol. The molecular formula is C20H25F3N4O2. The number of likely N-dealkylation sites (N-methyl/N-ethyl adjacent to an activating group) is 1. The molecule has 2 atom stereocenters. The minimum atomic E-state index is -0.818. The fourth-order valence-corrected chi connectivity index (χ4v) is 3.31. The summed E-state index contributed by atoms with van der Waals surface area (Å²) >= 11 is 0. The molecule has 1 saturated heterocycles. The first-order valence-corrected chi connectivity index (χ1v) is 9.55. The molecule has 0 radical (unpaired) electrons. The Hall–Kier alpha value is -2.55. The van der Waals surface area contributed by atoms with E-state index in [0.717, 1.165) is 31.4 Å². The van der Waals surface area contributed by atoms with Gasteiger partial charge in [-0.1, -0.05) is 0 Å². The average Bonchev–Trinajstić information content (AvgIpc) is 3.44. The van der Waals surface area contributed by atoms with Crippen LogP contribution in [0.4, 0.5) is 18.9 Å². The third kappa shape index (κ3) is 5.50. The van der Waals surface area contributed by atoms with Gasteiger partial charge < -0.3 is 25.3 Å². The second-order valence-corrected chi connectivity index (χ2v) is 7.48. The molecule has 1 heterocycles. The van der Waals surface area contributed by atoms with Crippen LogP contribution in [-0.2, 0) is 9.53 Å². The van der Waals surface area contributed by atoms with Crippen molar-refractivity contribution < 1.29 is 22.7 Å². The zero-order chi connectivity index (χ0) is 21.0. The number of piperazine rings is 1. The summed E-state index contributed by atoms with van der Waals surface area (Å²) in [6, 6.07) is 2.71. The van der Waals surface area contributed by atoms with Crippen molar-refractivity contribution in [3.05, 3.63) is 41.3 Å². The molecule has 0 unspecified atom stereocenters. The maximum absolute atomic E-state index is 13.5. The summed E-state index contributed by atoms with van der Waals surface area (Å²) in [6.07, 6.45) is 1.74. The largest absolute Gasteiger partial charge is 0.486 e. The van der Waals surface area contributed by atoms with Gasteiger partial charge in [-0.25, -0.2) is 8.78 Å². The van der Waals surface area contributed by atoms with Crippen molar-refractivity contribution >= 4 is 17.8 Å². The zero-order valence-electron chi connectivity index (χ0n) is 16.3. The predicted octanol–water partition coefficient (Wildman–Crippen LogP) is 2.63. The third-order valence-electron chi connectivity index (χ3n) is 5.25. The van der Waals surface area contributed by atoms with E-state index in [2.05, 4.69) is 10.2 Å². The van der Waals surface area contributed by atoms with Crippen molar-refractivity contribution in [2.45, 2.75) is 6.42 Å². The number of amides is 1. The highest BCUT2D eigenvalue weighted by Crippen LogP contribution is 2.39. The number of carbonyl (C=O) groups is 1. The molecule has 29 heavy (non-hydrogen) atoms. The van der Waals surface area contributed by atoms with Crippen LogP contribution in [0.25, 0.3) is 0 Å². The van der Waals surface area contributed by atoms with Crippen molar-refractivity contribution in [3.8, 4) is 0 Å². The van der Waals surface area contributed by atoms with E-state index in [0.29, 0.717) is 31.3 Å². The lowest BCUT2D eigenvalue weighted by molar-refractivity contribution is -0.116. The number of halogens is 3. The van der Waals surface area contributed by atoms with Gasteiger partial charge in [-0.05, 0) is 37.4 Å². The Morgan fingerprint density at radius 2 is 1.86 bits per heavy atom. The molecule has 0 aromatic heterocycles. The Labute approximate surface area is 167 Å². The average molecular weight is 410 g/mol. The van der Waals surface area contributed by atoms with Gasteiger partial charge in [-0.15, -0.1) is 0 Å². The maximum atomic E-state index is 13.5. The highest BCUT2D eigenvalue weighted by Gasteiger charge is 2.38. The van der Waals surface area contributed by atoms with Crippen LogP contribution in [0, 0.1) is 28.9 Å². The molecule has 0 spiro atoms. The molecule has 3 rings (SSSR count). The lowest BCUT2D eigenvalue weighted by Crippen LogP contribution is -2.45. The molecule has 2 N–H and O–H groups in total. The van der Waals surface area contributed by atoms with Crippen LogP contribution < -0.4 is 5.32 Å². The molecule has 9 heteroatoms. The van der Waals surface area contributed by atoms with E-state index in [1.807, 2.05) is 11.9 Å². The van der Waals surface area contributed by atoms with Crippen LogP contribution >= 0.6 is 0 Å². The van der Waals surface area contributed by atoms with Crippen LogP contribution in [0.5, 0.6) is 0 Å². The molecule has 1 amide bonds. The number of hydrogen-bond acceptors (Lipinski definition) is 5. The molecule has 1 aromatic carbocycles. The smallest absolute Gasteiger partial charge is 0.293 e. The maximum Gasteiger partial charge on any atom is 0.293 e. The van der Waals surface area contributed by atoms with E-state index >= 15 is 0 Å². The zero-order valence-corrected chi connectivity index (χ0v) is 16.3. The van der Waals surface area contributed by atoms with Crippen LogP contribution in [-0.4, -0.2) is 68.4 Å². The number of ether oxygens (including phenoxy) is 1. The lowest BCUT2D eigenvalue weighted by atomic mass is 10.2. The minimum Gasteiger partial charge on any atom is -0.486 e. The number of alkyl halides is 1. The highest BCUT2D eigenvalue weighted by molar-refractivity contribution is 6.05. The summed E-state index contributed by atoms with van der Waals surface area (Å²) in [4.78, 5) is 16.9.